The molecule has 1 N–H and O–H groups in total. The highest BCUT2D eigenvalue weighted by molar-refractivity contribution is 7.99. The van der Waals surface area contributed by atoms with Crippen LogP contribution in [0.15, 0.2) is 29.2 Å². The van der Waals surface area contributed by atoms with Crippen LogP contribution in [0.1, 0.15) is 25.7 Å². The van der Waals surface area contributed by atoms with Crippen LogP contribution in [-0.4, -0.2) is 30.8 Å². The van der Waals surface area contributed by atoms with Gasteiger partial charge in [0.15, 0.2) is 0 Å². The lowest BCUT2D eigenvalue weighted by molar-refractivity contribution is -0.120. The summed E-state index contributed by atoms with van der Waals surface area (Å²) in [6.07, 6.45) is 4.82. The molecule has 0 spiro atoms. The summed E-state index contributed by atoms with van der Waals surface area (Å²) in [4.78, 5) is 15.6. The summed E-state index contributed by atoms with van der Waals surface area (Å²) in [5, 5.41) is 3.17. The van der Waals surface area contributed by atoms with Gasteiger partial charge in [-0.15, -0.1) is 11.8 Å². The summed E-state index contributed by atoms with van der Waals surface area (Å²) in [7, 11) is 0. The van der Waals surface area contributed by atoms with E-state index in [-0.39, 0.29) is 5.91 Å². The molecule has 4 heteroatoms. The number of carbonyl (C=O) groups is 1. The molecule has 1 heterocycles. The number of para-hydroxylation sites is 1. The Kier molecular flexibility index (Phi) is 3.97. The first-order valence-corrected chi connectivity index (χ1v) is 8.07. The smallest absolute Gasteiger partial charge is 0.239 e. The van der Waals surface area contributed by atoms with Crippen molar-refractivity contribution < 1.29 is 4.79 Å². The Morgan fingerprint density at radius 1 is 1.32 bits per heavy atom. The van der Waals surface area contributed by atoms with E-state index in [2.05, 4.69) is 28.4 Å². The molecule has 1 saturated carbocycles. The molecule has 3 rings (SSSR count). The molecule has 3 nitrogen and oxygen atoms in total. The number of hydrogen-bond acceptors (Lipinski definition) is 3. The van der Waals surface area contributed by atoms with Crippen LogP contribution < -0.4 is 10.2 Å². The monoisotopic (exact) mass is 276 g/mol. The largest absolute Gasteiger partial charge is 0.360 e. The van der Waals surface area contributed by atoms with Gasteiger partial charge in [-0.05, 0) is 25.0 Å². The number of fused-ring (bicyclic) bond motifs is 1. The zero-order valence-corrected chi connectivity index (χ0v) is 11.9. The van der Waals surface area contributed by atoms with Crippen molar-refractivity contribution in [2.24, 2.45) is 0 Å². The second kappa shape index (κ2) is 5.87. The van der Waals surface area contributed by atoms with E-state index in [9.17, 15) is 4.79 Å². The molecule has 0 bridgehead atoms. The molecule has 1 amide bonds. The summed E-state index contributed by atoms with van der Waals surface area (Å²) >= 11 is 1.88. The summed E-state index contributed by atoms with van der Waals surface area (Å²) in [5.41, 5.74) is 1.21. The lowest BCUT2D eigenvalue weighted by Crippen LogP contribution is -2.42. The van der Waals surface area contributed by atoms with Crippen LogP contribution in [-0.2, 0) is 4.79 Å². The molecule has 102 valence electrons. The van der Waals surface area contributed by atoms with E-state index in [1.165, 1.54) is 23.4 Å². The maximum Gasteiger partial charge on any atom is 0.239 e. The Morgan fingerprint density at radius 2 is 2.11 bits per heavy atom. The molecule has 1 aromatic carbocycles. The summed E-state index contributed by atoms with van der Waals surface area (Å²) in [6, 6.07) is 8.79. The van der Waals surface area contributed by atoms with Gasteiger partial charge in [0.2, 0.25) is 5.91 Å². The standard InChI is InChI=1S/C15H20N2OS/c18-15(16-12-5-1-2-6-12)11-17-9-10-19-14-8-4-3-7-13(14)17/h3-4,7-8,12H,1-2,5-6,9-11H2,(H,16,18). The van der Waals surface area contributed by atoms with E-state index in [1.807, 2.05) is 17.8 Å². The zero-order valence-electron chi connectivity index (χ0n) is 11.1. The molecule has 0 radical (unpaired) electrons. The second-order valence-electron chi connectivity index (χ2n) is 5.29. The number of nitrogens with one attached hydrogen (secondary N) is 1. The van der Waals surface area contributed by atoms with Crippen molar-refractivity contribution in [3.63, 3.8) is 0 Å². The number of carbonyl (C=O) groups excluding carboxylic acids is 1. The molecular weight excluding hydrogens is 256 g/mol. The second-order valence-corrected chi connectivity index (χ2v) is 6.42. The van der Waals surface area contributed by atoms with Crippen molar-refractivity contribution in [1.82, 2.24) is 5.32 Å². The van der Waals surface area contributed by atoms with E-state index < -0.39 is 0 Å². The van der Waals surface area contributed by atoms with Gasteiger partial charge in [0, 0.05) is 23.2 Å². The summed E-state index contributed by atoms with van der Waals surface area (Å²) in [5.74, 6) is 1.24. The van der Waals surface area contributed by atoms with Gasteiger partial charge in [0.05, 0.1) is 12.2 Å². The van der Waals surface area contributed by atoms with Gasteiger partial charge in [-0.2, -0.15) is 0 Å². The fourth-order valence-electron chi connectivity index (χ4n) is 2.91. The molecular formula is C15H20N2OS. The van der Waals surface area contributed by atoms with Gasteiger partial charge in [0.25, 0.3) is 0 Å². The summed E-state index contributed by atoms with van der Waals surface area (Å²) < 4.78 is 0. The number of thioether (sulfide) groups is 1. The first-order valence-electron chi connectivity index (χ1n) is 7.09. The van der Waals surface area contributed by atoms with E-state index in [0.717, 1.165) is 25.1 Å². The lowest BCUT2D eigenvalue weighted by atomic mass is 10.2. The molecule has 1 aliphatic carbocycles. The van der Waals surface area contributed by atoms with Crippen LogP contribution in [0.25, 0.3) is 0 Å². The minimum atomic E-state index is 0.175. The van der Waals surface area contributed by atoms with Gasteiger partial charge in [-0.25, -0.2) is 0 Å². The maximum atomic E-state index is 12.1. The van der Waals surface area contributed by atoms with Crippen molar-refractivity contribution in [3.05, 3.63) is 24.3 Å². The Balaban J connectivity index is 1.62. The van der Waals surface area contributed by atoms with Crippen molar-refractivity contribution in [2.45, 2.75) is 36.6 Å². The van der Waals surface area contributed by atoms with Gasteiger partial charge >= 0.3 is 0 Å². The summed E-state index contributed by atoms with van der Waals surface area (Å²) in [6.45, 7) is 1.45. The Labute approximate surface area is 118 Å². The molecule has 19 heavy (non-hydrogen) atoms. The van der Waals surface area contributed by atoms with Crippen LogP contribution in [0.3, 0.4) is 0 Å². The van der Waals surface area contributed by atoms with Crippen molar-refractivity contribution >= 4 is 23.4 Å². The highest BCUT2D eigenvalue weighted by Crippen LogP contribution is 2.33. The van der Waals surface area contributed by atoms with Crippen LogP contribution in [0.5, 0.6) is 0 Å². The number of hydrogen-bond donors (Lipinski definition) is 1. The molecule has 2 aliphatic rings. The third-order valence-electron chi connectivity index (χ3n) is 3.88. The number of nitrogens with zero attached hydrogens (tertiary/aromatic N) is 1. The molecule has 1 fully saturated rings. The van der Waals surface area contributed by atoms with Crippen LogP contribution in [0.4, 0.5) is 5.69 Å². The highest BCUT2D eigenvalue weighted by atomic mass is 32.2. The van der Waals surface area contributed by atoms with Crippen LogP contribution in [0, 0.1) is 0 Å². The van der Waals surface area contributed by atoms with Crippen LogP contribution in [0.2, 0.25) is 0 Å². The third-order valence-corrected chi connectivity index (χ3v) is 4.92. The van der Waals surface area contributed by atoms with Crippen molar-refractivity contribution in [3.8, 4) is 0 Å². The van der Waals surface area contributed by atoms with E-state index >= 15 is 0 Å². The SMILES string of the molecule is O=C(CN1CCSc2ccccc21)NC1CCCC1. The first kappa shape index (κ1) is 12.9. The molecule has 0 aromatic heterocycles. The van der Waals surface area contributed by atoms with Gasteiger partial charge in [-0.1, -0.05) is 25.0 Å². The predicted molar refractivity (Wildman–Crippen MR) is 79.8 cm³/mol. The van der Waals surface area contributed by atoms with Gasteiger partial charge < -0.3 is 10.2 Å². The molecule has 1 aliphatic heterocycles. The number of anilines is 1. The van der Waals surface area contributed by atoms with Gasteiger partial charge in [-0.3, -0.25) is 4.79 Å². The third kappa shape index (κ3) is 3.06. The highest BCUT2D eigenvalue weighted by Gasteiger charge is 2.21. The van der Waals surface area contributed by atoms with E-state index in [0.29, 0.717) is 12.6 Å². The minimum Gasteiger partial charge on any atom is -0.360 e. The Morgan fingerprint density at radius 3 is 2.95 bits per heavy atom. The van der Waals surface area contributed by atoms with E-state index in [1.54, 1.807) is 0 Å². The maximum absolute atomic E-state index is 12.1. The predicted octanol–water partition coefficient (Wildman–Crippen LogP) is 2.66. The van der Waals surface area contributed by atoms with Gasteiger partial charge in [0.1, 0.15) is 0 Å². The quantitative estimate of drug-likeness (QED) is 0.921. The molecule has 0 unspecified atom stereocenters. The van der Waals surface area contributed by atoms with Crippen molar-refractivity contribution in [2.75, 3.05) is 23.7 Å². The van der Waals surface area contributed by atoms with E-state index in [4.69, 9.17) is 0 Å². The van der Waals surface area contributed by atoms with Crippen LogP contribution >= 0.6 is 11.8 Å². The number of rotatable bonds is 3. The van der Waals surface area contributed by atoms with Crippen molar-refractivity contribution in [1.29, 1.82) is 0 Å². The topological polar surface area (TPSA) is 32.3 Å². The zero-order chi connectivity index (χ0) is 13.1. The number of benzene rings is 1. The molecule has 0 atom stereocenters. The average molecular weight is 276 g/mol. The lowest BCUT2D eigenvalue weighted by Gasteiger charge is -2.30. The Hall–Kier alpha value is -1.16. The normalized spacial score (nSPS) is 19.3. The fourth-order valence-corrected chi connectivity index (χ4v) is 3.96. The minimum absolute atomic E-state index is 0.175. The molecule has 1 aromatic rings. The first-order chi connectivity index (χ1) is 9.33. The fraction of sp³-hybridized carbons (Fsp3) is 0.533. The number of amides is 1. The Bertz CT molecular complexity index is 457. The average Bonchev–Trinajstić information content (AvgIpc) is 2.92. The molecule has 0 saturated heterocycles.